The molecule has 1 aliphatic carbocycles. The quantitative estimate of drug-likeness (QED) is 0.0279. The van der Waals surface area contributed by atoms with Crippen LogP contribution < -0.4 is 21.2 Å². The Morgan fingerprint density at radius 3 is 2.09 bits per heavy atom. The summed E-state index contributed by atoms with van der Waals surface area (Å²) >= 11 is 0. The van der Waals surface area contributed by atoms with Crippen molar-refractivity contribution in [2.24, 2.45) is 41.4 Å². The summed E-state index contributed by atoms with van der Waals surface area (Å²) in [5.74, 6) is 0.649. The van der Waals surface area contributed by atoms with Gasteiger partial charge in [0.25, 0.3) is 0 Å². The number of aromatic amines is 2. The van der Waals surface area contributed by atoms with E-state index >= 15 is 0 Å². The van der Waals surface area contributed by atoms with Crippen LogP contribution in [-0.4, -0.2) is 68.7 Å². The molecule has 3 aliphatic heterocycles. The molecule has 9 atom stereocenters. The van der Waals surface area contributed by atoms with Gasteiger partial charge in [-0.1, -0.05) is 105 Å². The van der Waals surface area contributed by atoms with E-state index in [1.54, 1.807) is 6.92 Å². The third-order valence-corrected chi connectivity index (χ3v) is 15.6. The predicted octanol–water partition coefficient (Wildman–Crippen LogP) is 9.62. The van der Waals surface area contributed by atoms with Crippen LogP contribution >= 0.6 is 0 Å². The maximum atomic E-state index is 13.8. The van der Waals surface area contributed by atoms with E-state index in [9.17, 15) is 24.9 Å². The van der Waals surface area contributed by atoms with Crippen molar-refractivity contribution < 1.29 is 34.4 Å². The Morgan fingerprint density at radius 1 is 0.833 bits per heavy atom. The molecule has 0 aromatic carbocycles. The monoisotopic (exact) mass is 911 g/mol. The number of aliphatic hydroxyl groups is 3. The van der Waals surface area contributed by atoms with Crippen LogP contribution in [0.1, 0.15) is 178 Å². The fraction of sp³-hybridized carbons (Fsp3) is 0.636. The molecule has 7 N–H and O–H groups in total. The maximum Gasteiger partial charge on any atom is 0.350 e. The first kappa shape index (κ1) is 51.1. The molecule has 0 amide bonds. The lowest BCUT2D eigenvalue weighted by Gasteiger charge is -2.31. The zero-order chi connectivity index (χ0) is 48.2. The zero-order valence-electron chi connectivity index (χ0n) is 42.2. The van der Waals surface area contributed by atoms with Gasteiger partial charge >= 0.3 is 5.97 Å². The number of carbonyl (C=O) groups excluding carboxylic acids is 2. The summed E-state index contributed by atoms with van der Waals surface area (Å²) in [6.07, 6.45) is 20.1. The second-order valence-electron chi connectivity index (χ2n) is 21.0. The third-order valence-electron chi connectivity index (χ3n) is 15.6. The summed E-state index contributed by atoms with van der Waals surface area (Å²) in [5, 5.41) is 43.9. The lowest BCUT2D eigenvalue weighted by Crippen LogP contribution is -2.49. The van der Waals surface area contributed by atoms with Gasteiger partial charge in [0.15, 0.2) is 12.1 Å². The number of methoxy groups -OCH3 is 1. The average molecular weight is 911 g/mol. The predicted molar refractivity (Wildman–Crippen MR) is 266 cm³/mol. The van der Waals surface area contributed by atoms with Crippen LogP contribution in [0.3, 0.4) is 0 Å². The molecule has 11 heteroatoms. The third kappa shape index (κ3) is 10.7. The van der Waals surface area contributed by atoms with E-state index in [0.717, 1.165) is 70.8 Å². The van der Waals surface area contributed by atoms with Crippen LogP contribution in [0.5, 0.6) is 0 Å². The van der Waals surface area contributed by atoms with E-state index in [1.165, 1.54) is 57.6 Å². The topological polar surface area (TPSA) is 169 Å². The lowest BCUT2D eigenvalue weighted by molar-refractivity contribution is -0.153. The van der Waals surface area contributed by atoms with E-state index < -0.39 is 29.7 Å². The highest BCUT2D eigenvalue weighted by Crippen LogP contribution is 2.45. The summed E-state index contributed by atoms with van der Waals surface area (Å²) in [6.45, 7) is 23.7. The molecule has 8 bridgehead atoms. The number of esters is 1. The first-order valence-corrected chi connectivity index (χ1v) is 25.2. The molecule has 66 heavy (non-hydrogen) atoms. The minimum atomic E-state index is -2.47. The number of H-pyrrole nitrogens is 2. The minimum absolute atomic E-state index is 0.0422. The molecular weight excluding hydrogens is 829 g/mol. The van der Waals surface area contributed by atoms with Crippen molar-refractivity contribution in [1.82, 2.24) is 20.6 Å². The Morgan fingerprint density at radius 2 is 1.45 bits per heavy atom. The molecule has 2 saturated heterocycles. The van der Waals surface area contributed by atoms with E-state index in [-0.39, 0.29) is 35.0 Å². The Labute approximate surface area is 394 Å². The van der Waals surface area contributed by atoms with Crippen molar-refractivity contribution in [3.8, 4) is 0 Å². The van der Waals surface area contributed by atoms with Crippen molar-refractivity contribution >= 4 is 41.3 Å². The number of aliphatic hydroxyl groups excluding tert-OH is 2. The minimum Gasteiger partial charge on any atom is -0.507 e. The Balaban J connectivity index is 1.23. The summed E-state index contributed by atoms with van der Waals surface area (Å²) < 4.78 is 11.2. The van der Waals surface area contributed by atoms with Crippen LogP contribution in [-0.2, 0) is 14.3 Å². The van der Waals surface area contributed by atoms with E-state index in [4.69, 9.17) is 9.47 Å². The summed E-state index contributed by atoms with van der Waals surface area (Å²) in [4.78, 5) is 34.1. The van der Waals surface area contributed by atoms with Gasteiger partial charge in [0.1, 0.15) is 5.76 Å². The smallest absolute Gasteiger partial charge is 0.350 e. The average Bonchev–Trinajstić information content (AvgIpc) is 3.99. The van der Waals surface area contributed by atoms with Crippen LogP contribution in [0.2, 0.25) is 0 Å². The number of carbonyl (C=O) groups is 2. The molecule has 0 spiro atoms. The fourth-order valence-corrected chi connectivity index (χ4v) is 11.4. The summed E-state index contributed by atoms with van der Waals surface area (Å²) in [7, 11) is 1.21. The highest BCUT2D eigenvalue weighted by atomic mass is 16.6. The van der Waals surface area contributed by atoms with Crippen LogP contribution in [0, 0.1) is 55.3 Å². The molecule has 0 radical (unpaired) electrons. The normalized spacial score (nSPS) is 27.4. The molecule has 4 aliphatic rings. The number of fused-ring (bicyclic) bond motifs is 8. The second kappa shape index (κ2) is 21.8. The van der Waals surface area contributed by atoms with Gasteiger partial charge in [-0.05, 0) is 113 Å². The maximum absolute atomic E-state index is 13.8. The standard InChI is InChI=1S/C55H82N4O7/c1-13-39-34(7)41-29-46-48(38(11)60)36(9)43(57-46)27-42-35(8)40(23-24-47(61)66-26-25-33(6)22-16-21-32(5)20-15-19-31(4)18-14-17-30(2)3)51(58-42)50-52-49(53(62)55(50,64)54(63)65-12)37(10)44(59-52)28-45(39)56-41/h25,27-32,34-35,39-40,47,51,56-59,61-62,64H,13-24,26H2,1-12H3/b33-25+,41-29-,42-27-,45-28-/t31-,32-,34-,35+,39-,40+,47+,51?,55+/m1/s1. The molecular formula is C55H82N4O7. The van der Waals surface area contributed by atoms with E-state index in [2.05, 4.69) is 94.2 Å². The van der Waals surface area contributed by atoms with Crippen LogP contribution in [0.4, 0.5) is 0 Å². The Kier molecular flexibility index (Phi) is 16.8. The zero-order valence-corrected chi connectivity index (χ0v) is 42.2. The number of nitrogens with one attached hydrogen (secondary N) is 4. The Bertz CT molecular complexity index is 2340. The first-order chi connectivity index (χ1) is 31.3. The molecule has 2 fully saturated rings. The van der Waals surface area contributed by atoms with Gasteiger partial charge < -0.3 is 45.4 Å². The highest BCUT2D eigenvalue weighted by Gasteiger charge is 2.56. The van der Waals surface area contributed by atoms with E-state index in [1.807, 2.05) is 19.9 Å². The van der Waals surface area contributed by atoms with Gasteiger partial charge in [0, 0.05) is 62.6 Å². The van der Waals surface area contributed by atoms with Gasteiger partial charge in [0.2, 0.25) is 5.60 Å². The van der Waals surface area contributed by atoms with Crippen molar-refractivity contribution in [2.45, 2.75) is 171 Å². The number of aromatic nitrogens is 2. The summed E-state index contributed by atoms with van der Waals surface area (Å²) in [5.41, 5.74) is 6.24. The SMILES string of the molecule is CC[C@H]1/C2=C/c3[nH]c4c(c3C)=C(O)[C@](O)(C(=O)OC)C=4C3N/C(=C\c4[nH]c(c(C(C)=O)c4C)/C=C(\N2)[C@@H]1C)[C@@H](C)[C@@H]3CC[C@@H](O)OC/C=C(\C)CCC[C@H](C)CCC[C@H](C)CCCC(C)C. The van der Waals surface area contributed by atoms with Crippen molar-refractivity contribution in [2.75, 3.05) is 13.7 Å². The summed E-state index contributed by atoms with van der Waals surface area (Å²) in [6, 6.07) is -0.679. The molecule has 5 heterocycles. The molecule has 11 nitrogen and oxygen atoms in total. The first-order valence-electron chi connectivity index (χ1n) is 25.2. The fourth-order valence-electron chi connectivity index (χ4n) is 11.4. The van der Waals surface area contributed by atoms with Crippen molar-refractivity contribution in [3.63, 3.8) is 0 Å². The number of Topliss-reactive ketones (excluding diaryl/α,β-unsaturated/α-hetero) is 1. The van der Waals surface area contributed by atoms with Crippen LogP contribution in [0.15, 0.2) is 28.7 Å². The van der Waals surface area contributed by atoms with Crippen molar-refractivity contribution in [1.29, 1.82) is 0 Å². The van der Waals surface area contributed by atoms with Gasteiger partial charge in [-0.2, -0.15) is 0 Å². The van der Waals surface area contributed by atoms with E-state index in [0.29, 0.717) is 47.1 Å². The largest absolute Gasteiger partial charge is 0.507 e. The number of rotatable bonds is 21. The number of ether oxygens (including phenoxy) is 2. The number of allylic oxidation sites excluding steroid dienone is 4. The number of hydrogen-bond acceptors (Lipinski definition) is 9. The molecule has 2 aromatic heterocycles. The van der Waals surface area contributed by atoms with Gasteiger partial charge in [-0.3, -0.25) is 4.79 Å². The molecule has 2 aromatic rings. The van der Waals surface area contributed by atoms with Crippen LogP contribution in [0.25, 0.3) is 29.6 Å². The molecule has 0 saturated carbocycles. The van der Waals surface area contributed by atoms with Gasteiger partial charge in [-0.25, -0.2) is 4.79 Å². The number of hydrogen-bond donors (Lipinski definition) is 7. The van der Waals surface area contributed by atoms with Gasteiger partial charge in [-0.15, -0.1) is 0 Å². The molecule has 1 unspecified atom stereocenters. The van der Waals surface area contributed by atoms with Crippen molar-refractivity contribution in [3.05, 3.63) is 73.1 Å². The lowest BCUT2D eigenvalue weighted by atomic mass is 9.78. The molecule has 364 valence electrons. The van der Waals surface area contributed by atoms with Gasteiger partial charge in [0.05, 0.1) is 30.8 Å². The Hall–Kier alpha value is -4.32. The second-order valence-corrected chi connectivity index (χ2v) is 21.0. The molecule has 6 rings (SSSR count). The number of ketones is 1. The highest BCUT2D eigenvalue weighted by molar-refractivity contribution is 6.04.